The summed E-state index contributed by atoms with van der Waals surface area (Å²) in [6.45, 7) is 6.47. The van der Waals surface area contributed by atoms with E-state index in [1.807, 2.05) is 55.6 Å². The van der Waals surface area contributed by atoms with Gasteiger partial charge >= 0.3 is 0 Å². The third-order valence-corrected chi connectivity index (χ3v) is 6.73. The summed E-state index contributed by atoms with van der Waals surface area (Å²) in [5, 5.41) is 5.98. The molecule has 0 radical (unpaired) electrons. The van der Waals surface area contributed by atoms with Gasteiger partial charge in [-0.05, 0) is 60.7 Å². The van der Waals surface area contributed by atoms with Gasteiger partial charge in [0.1, 0.15) is 11.7 Å². The average molecular weight is 577 g/mol. The normalized spacial score (nSPS) is 15.6. The molecule has 1 unspecified atom stereocenters. The lowest BCUT2D eigenvalue weighted by Crippen LogP contribution is -2.27. The zero-order valence-electron chi connectivity index (χ0n) is 23.6. The highest BCUT2D eigenvalue weighted by Gasteiger charge is 2.16. The smallest absolute Gasteiger partial charge is 0.255 e. The first kappa shape index (κ1) is 31.2. The van der Waals surface area contributed by atoms with E-state index in [9.17, 15) is 13.6 Å². The number of amidine groups is 1. The van der Waals surface area contributed by atoms with Gasteiger partial charge in [0.25, 0.3) is 5.91 Å². The van der Waals surface area contributed by atoms with Gasteiger partial charge < -0.3 is 15.5 Å². The van der Waals surface area contributed by atoms with Crippen molar-refractivity contribution < 1.29 is 13.6 Å². The predicted molar refractivity (Wildman–Crippen MR) is 167 cm³/mol. The number of pyridine rings is 1. The highest BCUT2D eigenvalue weighted by Crippen LogP contribution is 2.25. The van der Waals surface area contributed by atoms with Crippen molar-refractivity contribution in [3.05, 3.63) is 119 Å². The van der Waals surface area contributed by atoms with Crippen molar-refractivity contribution in [1.82, 2.24) is 15.2 Å². The number of halogens is 2. The second-order valence-electron chi connectivity index (χ2n) is 9.14. The van der Waals surface area contributed by atoms with E-state index < -0.39 is 17.7 Å². The summed E-state index contributed by atoms with van der Waals surface area (Å²) in [4.78, 5) is 29.3. The van der Waals surface area contributed by atoms with Crippen molar-refractivity contribution in [2.24, 2.45) is 9.98 Å². The molecule has 1 aliphatic heterocycles. The maximum absolute atomic E-state index is 13.6. The number of nitrogens with zero attached hydrogens (tertiary/aromatic N) is 4. The minimum atomic E-state index is -0.961. The number of benzene rings is 1. The zero-order valence-corrected chi connectivity index (χ0v) is 24.4. The van der Waals surface area contributed by atoms with Gasteiger partial charge in [0.2, 0.25) is 0 Å². The second kappa shape index (κ2) is 15.5. The van der Waals surface area contributed by atoms with Crippen molar-refractivity contribution in [2.75, 3.05) is 38.8 Å². The van der Waals surface area contributed by atoms with Crippen LogP contribution in [0.1, 0.15) is 28.9 Å². The van der Waals surface area contributed by atoms with Gasteiger partial charge in [-0.25, -0.2) is 18.8 Å². The van der Waals surface area contributed by atoms with Gasteiger partial charge in [0.15, 0.2) is 11.6 Å². The van der Waals surface area contributed by atoms with Crippen LogP contribution in [0.25, 0.3) is 0 Å². The monoisotopic (exact) mass is 576 g/mol. The molecule has 214 valence electrons. The molecule has 1 atom stereocenters. The summed E-state index contributed by atoms with van der Waals surface area (Å²) in [6.07, 6.45) is 16.9. The van der Waals surface area contributed by atoms with E-state index in [1.165, 1.54) is 6.07 Å². The van der Waals surface area contributed by atoms with Gasteiger partial charge in [-0.1, -0.05) is 36.9 Å². The first-order chi connectivity index (χ1) is 19.7. The van der Waals surface area contributed by atoms with E-state index in [0.717, 1.165) is 34.1 Å². The second-order valence-corrected chi connectivity index (χ2v) is 9.99. The molecule has 1 amide bonds. The molecule has 2 N–H and O–H groups in total. The number of carbonyl (C=O) groups is 1. The van der Waals surface area contributed by atoms with Crippen LogP contribution in [0, 0.1) is 11.6 Å². The van der Waals surface area contributed by atoms with Crippen LogP contribution in [0.15, 0.2) is 106 Å². The Kier molecular flexibility index (Phi) is 11.8. The molecule has 0 fully saturated rings. The topological polar surface area (TPSA) is 82.0 Å². The molecule has 0 bridgehead atoms. The van der Waals surface area contributed by atoms with E-state index in [2.05, 4.69) is 32.2 Å². The molecule has 1 aromatic heterocycles. The highest BCUT2D eigenvalue weighted by atomic mass is 32.2. The Morgan fingerprint density at radius 2 is 2.02 bits per heavy atom. The highest BCUT2D eigenvalue weighted by molar-refractivity contribution is 8.02. The van der Waals surface area contributed by atoms with Crippen LogP contribution >= 0.6 is 11.8 Å². The lowest BCUT2D eigenvalue weighted by atomic mass is 10.1. The Bertz CT molecular complexity index is 1440. The largest absolute Gasteiger partial charge is 0.366 e. The van der Waals surface area contributed by atoms with Crippen molar-refractivity contribution in [3.63, 3.8) is 0 Å². The fraction of sp³-hybridized carbons (Fsp3) is 0.226. The first-order valence-corrected chi connectivity index (χ1v) is 14.1. The molecule has 2 aromatic rings. The summed E-state index contributed by atoms with van der Waals surface area (Å²) in [5.41, 5.74) is 2.62. The molecular weight excluding hydrogens is 542 g/mol. The fourth-order valence-corrected chi connectivity index (χ4v) is 4.34. The predicted octanol–water partition coefficient (Wildman–Crippen LogP) is 6.11. The summed E-state index contributed by atoms with van der Waals surface area (Å²) in [6, 6.07) is 6.34. The SMILES string of the molecule is C=C/C=C(\C=C1/CN=CC(N(C)C)=N1)C(=C/C=C/CNc1ncccc1C(=O)NC(C)c1ccc(F)c(F)c1)/SC. The number of carbonyl (C=O) groups excluding carboxylic acids is 1. The minimum Gasteiger partial charge on any atom is -0.366 e. The first-order valence-electron chi connectivity index (χ1n) is 12.9. The summed E-state index contributed by atoms with van der Waals surface area (Å²) in [7, 11) is 3.86. The average Bonchev–Trinajstić information content (AvgIpc) is 2.96. The summed E-state index contributed by atoms with van der Waals surface area (Å²) in [5.74, 6) is -1.08. The van der Waals surface area contributed by atoms with Crippen molar-refractivity contribution >= 4 is 35.5 Å². The van der Waals surface area contributed by atoms with Crippen LogP contribution in [0.3, 0.4) is 0 Å². The molecule has 0 spiro atoms. The molecule has 3 rings (SSSR count). The Balaban J connectivity index is 1.67. The molecule has 1 aromatic carbocycles. The number of hydrogen-bond donors (Lipinski definition) is 2. The zero-order chi connectivity index (χ0) is 29.8. The number of allylic oxidation sites excluding steroid dienone is 6. The molecule has 0 aliphatic carbocycles. The Morgan fingerprint density at radius 1 is 1.22 bits per heavy atom. The molecule has 7 nitrogen and oxygen atoms in total. The maximum atomic E-state index is 13.6. The van der Waals surface area contributed by atoms with E-state index in [0.29, 0.717) is 30.0 Å². The number of aromatic nitrogens is 1. The standard InChI is InChI=1S/C31H34F2N6OS/c1-6-10-23(17-24-19-34-20-29(38-24)39(3)4)28(41-5)12-7-8-15-35-30-25(11-9-16-36-30)31(40)37-21(2)22-13-14-26(32)27(33)18-22/h6-14,16-18,20-21H,1,15,19H2,2-5H3,(H,35,36)(H,37,40)/b8-7+,23-10+,24-17+,28-12-. The van der Waals surface area contributed by atoms with Crippen molar-refractivity contribution in [2.45, 2.75) is 13.0 Å². The quantitative estimate of drug-likeness (QED) is 0.316. The fourth-order valence-electron chi connectivity index (χ4n) is 3.76. The Morgan fingerprint density at radius 3 is 2.73 bits per heavy atom. The number of anilines is 1. The van der Waals surface area contributed by atoms with Gasteiger partial charge in [0.05, 0.1) is 30.1 Å². The van der Waals surface area contributed by atoms with Gasteiger partial charge in [0, 0.05) is 31.7 Å². The molecule has 0 saturated heterocycles. The van der Waals surface area contributed by atoms with Gasteiger partial charge in [-0.15, -0.1) is 11.8 Å². The van der Waals surface area contributed by atoms with Crippen LogP contribution in [-0.4, -0.2) is 61.3 Å². The van der Waals surface area contributed by atoms with Gasteiger partial charge in [-0.2, -0.15) is 0 Å². The number of aliphatic imine (C=N–C) groups is 2. The maximum Gasteiger partial charge on any atom is 0.255 e. The molecular formula is C31H34F2N6OS. The van der Waals surface area contributed by atoms with E-state index >= 15 is 0 Å². The molecule has 1 aliphatic rings. The summed E-state index contributed by atoms with van der Waals surface area (Å²) < 4.78 is 26.9. The van der Waals surface area contributed by atoms with Crippen molar-refractivity contribution in [1.29, 1.82) is 0 Å². The van der Waals surface area contributed by atoms with Gasteiger partial charge in [-0.3, -0.25) is 9.79 Å². The molecule has 2 heterocycles. The third kappa shape index (κ3) is 9.11. The van der Waals surface area contributed by atoms with Crippen molar-refractivity contribution in [3.8, 4) is 0 Å². The van der Waals surface area contributed by atoms with Crippen LogP contribution in [-0.2, 0) is 0 Å². The Labute approximate surface area is 244 Å². The third-order valence-electron chi connectivity index (χ3n) is 5.91. The Hall–Kier alpha value is -4.31. The van der Waals surface area contributed by atoms with Crippen LogP contribution in [0.2, 0.25) is 0 Å². The van der Waals surface area contributed by atoms with E-state index in [1.54, 1.807) is 49.3 Å². The van der Waals surface area contributed by atoms with E-state index in [4.69, 9.17) is 0 Å². The number of thioether (sulfide) groups is 1. The minimum absolute atomic E-state index is 0.339. The van der Waals surface area contributed by atoms with Crippen LogP contribution in [0.5, 0.6) is 0 Å². The van der Waals surface area contributed by atoms with Crippen LogP contribution in [0.4, 0.5) is 14.6 Å². The lowest BCUT2D eigenvalue weighted by molar-refractivity contribution is 0.0940. The number of rotatable bonds is 11. The molecule has 10 heteroatoms. The van der Waals surface area contributed by atoms with E-state index in [-0.39, 0.29) is 5.91 Å². The molecule has 0 saturated carbocycles. The number of hydrogen-bond acceptors (Lipinski definition) is 7. The summed E-state index contributed by atoms with van der Waals surface area (Å²) >= 11 is 1.60. The molecule has 41 heavy (non-hydrogen) atoms. The number of amides is 1. The van der Waals surface area contributed by atoms with Crippen LogP contribution < -0.4 is 10.6 Å². The lowest BCUT2D eigenvalue weighted by Gasteiger charge is -2.16. The number of nitrogens with one attached hydrogen (secondary N) is 2.